The van der Waals surface area contributed by atoms with Gasteiger partial charge in [-0.25, -0.2) is 0 Å². The fourth-order valence-corrected chi connectivity index (χ4v) is 1.76. The third kappa shape index (κ3) is 1.62. The summed E-state index contributed by atoms with van der Waals surface area (Å²) in [5.41, 5.74) is 9.76. The van der Waals surface area contributed by atoms with Crippen molar-refractivity contribution in [2.75, 3.05) is 11.6 Å². The van der Waals surface area contributed by atoms with E-state index in [0.29, 0.717) is 5.82 Å². The Bertz CT molecular complexity index is 348. The van der Waals surface area contributed by atoms with E-state index in [2.05, 4.69) is 21.4 Å². The van der Waals surface area contributed by atoms with Gasteiger partial charge < -0.3 is 5.73 Å². The Balaban J connectivity index is 2.23. The van der Waals surface area contributed by atoms with Gasteiger partial charge in [0.05, 0.1) is 12.2 Å². The molecule has 2 rings (SSSR count). The molecule has 13 heavy (non-hydrogen) atoms. The molecule has 0 aliphatic carbocycles. The summed E-state index contributed by atoms with van der Waals surface area (Å²) in [6.45, 7) is 0.800. The van der Waals surface area contributed by atoms with E-state index in [0.717, 1.165) is 16.7 Å². The van der Waals surface area contributed by atoms with Crippen molar-refractivity contribution >= 4 is 21.6 Å². The van der Waals surface area contributed by atoms with Gasteiger partial charge in [0.2, 0.25) is 0 Å². The van der Waals surface area contributed by atoms with Gasteiger partial charge in [-0.15, -0.1) is 0 Å². The zero-order chi connectivity index (χ0) is 9.26. The summed E-state index contributed by atoms with van der Waals surface area (Å²) in [7, 11) is 0. The topological polar surface area (TPSA) is 41.3 Å². The number of rotatable bonds is 1. The van der Waals surface area contributed by atoms with Gasteiger partial charge in [0.25, 0.3) is 0 Å². The van der Waals surface area contributed by atoms with Gasteiger partial charge in [-0.3, -0.25) is 10.4 Å². The van der Waals surface area contributed by atoms with Crippen LogP contribution in [0.25, 0.3) is 0 Å². The fourth-order valence-electron chi connectivity index (χ4n) is 1.27. The second-order valence-corrected chi connectivity index (χ2v) is 3.69. The van der Waals surface area contributed by atoms with E-state index in [1.54, 1.807) is 0 Å². The molecule has 1 aliphatic heterocycles. The molecule has 1 heterocycles. The second-order valence-electron chi connectivity index (χ2n) is 2.83. The van der Waals surface area contributed by atoms with E-state index in [1.807, 2.05) is 35.4 Å². The van der Waals surface area contributed by atoms with Crippen LogP contribution in [-0.4, -0.2) is 6.54 Å². The highest BCUT2D eigenvalue weighted by molar-refractivity contribution is 9.10. The van der Waals surface area contributed by atoms with Crippen molar-refractivity contribution in [3.05, 3.63) is 40.6 Å². The van der Waals surface area contributed by atoms with Gasteiger partial charge in [0, 0.05) is 4.47 Å². The van der Waals surface area contributed by atoms with Crippen molar-refractivity contribution in [1.82, 2.24) is 5.43 Å². The predicted molar refractivity (Wildman–Crippen MR) is 56.9 cm³/mol. The molecular formula is C9H10BrN3. The molecule has 0 bridgehead atoms. The summed E-state index contributed by atoms with van der Waals surface area (Å²) in [5, 5.41) is 1.99. The number of nitrogens with one attached hydrogen (secondary N) is 1. The molecule has 0 radical (unpaired) electrons. The largest absolute Gasteiger partial charge is 0.384 e. The minimum Gasteiger partial charge on any atom is -0.384 e. The zero-order valence-corrected chi connectivity index (χ0v) is 8.58. The van der Waals surface area contributed by atoms with Crippen LogP contribution in [-0.2, 0) is 0 Å². The number of hydrogen-bond acceptors (Lipinski definition) is 3. The minimum absolute atomic E-state index is 0.704. The lowest BCUT2D eigenvalue weighted by Gasteiger charge is -2.20. The molecular weight excluding hydrogens is 230 g/mol. The lowest BCUT2D eigenvalue weighted by atomic mass is 10.3. The Hall–Kier alpha value is -1.16. The van der Waals surface area contributed by atoms with E-state index in [4.69, 9.17) is 5.73 Å². The number of nitrogens with zero attached hydrogens (tertiary/aromatic N) is 1. The highest BCUT2D eigenvalue weighted by atomic mass is 79.9. The molecule has 68 valence electrons. The highest BCUT2D eigenvalue weighted by Gasteiger charge is 2.12. The number of para-hydroxylation sites is 1. The molecule has 1 aromatic rings. The molecule has 0 saturated carbocycles. The molecule has 3 N–H and O–H groups in total. The van der Waals surface area contributed by atoms with Crippen LogP contribution >= 0.6 is 15.9 Å². The van der Waals surface area contributed by atoms with E-state index in [1.165, 1.54) is 0 Å². The summed E-state index contributed by atoms with van der Waals surface area (Å²) in [4.78, 5) is 0. The van der Waals surface area contributed by atoms with Gasteiger partial charge in [0.1, 0.15) is 5.82 Å². The molecule has 0 unspecified atom stereocenters. The average molecular weight is 240 g/mol. The van der Waals surface area contributed by atoms with Crippen LogP contribution in [0.5, 0.6) is 0 Å². The summed E-state index contributed by atoms with van der Waals surface area (Å²) >= 11 is 3.48. The van der Waals surface area contributed by atoms with Gasteiger partial charge in [0.15, 0.2) is 0 Å². The first-order valence-corrected chi connectivity index (χ1v) is 4.81. The Morgan fingerprint density at radius 1 is 1.38 bits per heavy atom. The molecule has 0 spiro atoms. The van der Waals surface area contributed by atoms with Crippen molar-refractivity contribution in [2.45, 2.75) is 0 Å². The lowest BCUT2D eigenvalue weighted by molar-refractivity contribution is 0.795. The standard InChI is InChI=1S/C9H10BrN3/c10-7-3-1-2-4-8(7)13-6-5-9(11)12-13/h1-5,12H,6,11H2. The van der Waals surface area contributed by atoms with E-state index >= 15 is 0 Å². The number of halogens is 1. The number of benzene rings is 1. The Morgan fingerprint density at radius 3 is 2.77 bits per heavy atom. The third-order valence-electron chi connectivity index (χ3n) is 1.90. The fraction of sp³-hybridized carbons (Fsp3) is 0.111. The van der Waals surface area contributed by atoms with E-state index in [-0.39, 0.29) is 0 Å². The van der Waals surface area contributed by atoms with Gasteiger partial charge in [-0.05, 0) is 34.1 Å². The van der Waals surface area contributed by atoms with Gasteiger partial charge in [-0.1, -0.05) is 12.1 Å². The molecule has 0 atom stereocenters. The summed E-state index contributed by atoms with van der Waals surface area (Å²) in [6, 6.07) is 8.02. The highest BCUT2D eigenvalue weighted by Crippen LogP contribution is 2.25. The van der Waals surface area contributed by atoms with Crippen LogP contribution < -0.4 is 16.2 Å². The minimum atomic E-state index is 0.704. The average Bonchev–Trinajstić information content (AvgIpc) is 2.53. The van der Waals surface area contributed by atoms with E-state index in [9.17, 15) is 0 Å². The number of hydrazine groups is 1. The number of anilines is 1. The van der Waals surface area contributed by atoms with Crippen molar-refractivity contribution in [1.29, 1.82) is 0 Å². The van der Waals surface area contributed by atoms with Crippen LogP contribution in [0.15, 0.2) is 40.6 Å². The van der Waals surface area contributed by atoms with Crippen LogP contribution in [0.4, 0.5) is 5.69 Å². The molecule has 3 nitrogen and oxygen atoms in total. The maximum atomic E-state index is 5.61. The lowest BCUT2D eigenvalue weighted by Crippen LogP contribution is -2.34. The molecule has 0 fully saturated rings. The van der Waals surface area contributed by atoms with Crippen LogP contribution in [0, 0.1) is 0 Å². The number of hydrogen-bond donors (Lipinski definition) is 2. The van der Waals surface area contributed by atoms with E-state index < -0.39 is 0 Å². The van der Waals surface area contributed by atoms with Crippen molar-refractivity contribution in [3.63, 3.8) is 0 Å². The molecule has 4 heteroatoms. The molecule has 1 aliphatic rings. The number of nitrogens with two attached hydrogens (primary N) is 1. The van der Waals surface area contributed by atoms with Crippen molar-refractivity contribution in [2.24, 2.45) is 5.73 Å². The summed E-state index contributed by atoms with van der Waals surface area (Å²) in [6.07, 6.45) is 1.94. The normalized spacial score (nSPS) is 15.5. The first kappa shape index (κ1) is 8.44. The van der Waals surface area contributed by atoms with Gasteiger partial charge >= 0.3 is 0 Å². The van der Waals surface area contributed by atoms with Crippen LogP contribution in [0.3, 0.4) is 0 Å². The Kier molecular flexibility index (Phi) is 2.14. The Morgan fingerprint density at radius 2 is 2.15 bits per heavy atom. The first-order valence-electron chi connectivity index (χ1n) is 4.02. The van der Waals surface area contributed by atoms with Crippen molar-refractivity contribution in [3.8, 4) is 0 Å². The summed E-state index contributed by atoms with van der Waals surface area (Å²) in [5.74, 6) is 0.704. The SMILES string of the molecule is NC1=CCN(c2ccccc2Br)N1. The molecule has 0 aromatic heterocycles. The third-order valence-corrected chi connectivity index (χ3v) is 2.57. The van der Waals surface area contributed by atoms with Crippen LogP contribution in [0.1, 0.15) is 0 Å². The first-order chi connectivity index (χ1) is 6.27. The Labute approximate surface area is 85.3 Å². The monoisotopic (exact) mass is 239 g/mol. The van der Waals surface area contributed by atoms with Crippen LogP contribution in [0.2, 0.25) is 0 Å². The zero-order valence-electron chi connectivity index (χ0n) is 7.00. The smallest absolute Gasteiger partial charge is 0.113 e. The molecule has 0 amide bonds. The molecule has 0 saturated heterocycles. The summed E-state index contributed by atoms with van der Waals surface area (Å²) < 4.78 is 1.06. The second kappa shape index (κ2) is 3.30. The maximum Gasteiger partial charge on any atom is 0.113 e. The quantitative estimate of drug-likeness (QED) is 0.782. The van der Waals surface area contributed by atoms with Gasteiger partial charge in [-0.2, -0.15) is 0 Å². The molecule has 1 aromatic carbocycles. The van der Waals surface area contributed by atoms with Crippen molar-refractivity contribution < 1.29 is 0 Å². The predicted octanol–water partition coefficient (Wildman–Crippen LogP) is 1.57. The maximum absolute atomic E-state index is 5.61.